The Morgan fingerprint density at radius 3 is 2.50 bits per heavy atom. The fourth-order valence-corrected chi connectivity index (χ4v) is 5.31. The lowest BCUT2D eigenvalue weighted by molar-refractivity contribution is 0.0829. The van der Waals surface area contributed by atoms with Crippen molar-refractivity contribution < 1.29 is 18.7 Å². The number of benzene rings is 3. The smallest absolute Gasteiger partial charge is 0.251 e. The van der Waals surface area contributed by atoms with Crippen molar-refractivity contribution in [2.45, 2.75) is 71.2 Å². The zero-order valence-electron chi connectivity index (χ0n) is 23.6. The van der Waals surface area contributed by atoms with Gasteiger partial charge in [-0.1, -0.05) is 50.6 Å². The van der Waals surface area contributed by atoms with Gasteiger partial charge in [0.1, 0.15) is 11.6 Å². The van der Waals surface area contributed by atoms with Gasteiger partial charge in [0.25, 0.3) is 5.91 Å². The highest BCUT2D eigenvalue weighted by atomic mass is 19.1. The summed E-state index contributed by atoms with van der Waals surface area (Å²) < 4.78 is 27.8. The third-order valence-corrected chi connectivity index (χ3v) is 7.63. The lowest BCUT2D eigenvalue weighted by Crippen LogP contribution is -2.48. The number of nitrogens with one attached hydrogen (secondary N) is 2. The van der Waals surface area contributed by atoms with Gasteiger partial charge in [0.15, 0.2) is 0 Å². The predicted molar refractivity (Wildman–Crippen MR) is 155 cm³/mol. The van der Waals surface area contributed by atoms with Gasteiger partial charge in [-0.15, -0.1) is 0 Å². The molecule has 0 aliphatic carbocycles. The fourth-order valence-electron chi connectivity index (χ4n) is 5.31. The second-order valence-corrected chi connectivity index (χ2v) is 10.8. The van der Waals surface area contributed by atoms with Gasteiger partial charge in [-0.2, -0.15) is 0 Å². The number of aliphatic hydroxyl groups excluding tert-OH is 1. The van der Waals surface area contributed by atoms with Crippen LogP contribution in [0.2, 0.25) is 0 Å². The summed E-state index contributed by atoms with van der Waals surface area (Å²) in [6.45, 7) is 7.92. The third-order valence-electron chi connectivity index (χ3n) is 7.63. The molecule has 0 aromatic heterocycles. The van der Waals surface area contributed by atoms with E-state index in [9.17, 15) is 18.7 Å². The van der Waals surface area contributed by atoms with Crippen molar-refractivity contribution in [3.05, 3.63) is 106 Å². The largest absolute Gasteiger partial charge is 0.390 e. The Labute approximate surface area is 236 Å². The molecule has 7 heteroatoms. The van der Waals surface area contributed by atoms with Crippen LogP contribution in [0.1, 0.15) is 64.9 Å². The predicted octanol–water partition coefficient (Wildman–Crippen LogP) is 5.18. The molecule has 214 valence electrons. The van der Waals surface area contributed by atoms with Gasteiger partial charge in [-0.25, -0.2) is 8.78 Å². The number of rotatable bonds is 13. The molecule has 4 rings (SSSR count). The van der Waals surface area contributed by atoms with Gasteiger partial charge < -0.3 is 15.7 Å². The van der Waals surface area contributed by atoms with Crippen LogP contribution in [-0.2, 0) is 32.4 Å². The number of hydrogen-bond acceptors (Lipinski definition) is 4. The zero-order chi connectivity index (χ0) is 28.5. The Morgan fingerprint density at radius 2 is 1.75 bits per heavy atom. The molecule has 2 atom stereocenters. The molecular weight excluding hydrogens is 508 g/mol. The Balaban J connectivity index is 1.46. The molecule has 3 aromatic rings. The van der Waals surface area contributed by atoms with Gasteiger partial charge in [0, 0.05) is 37.8 Å². The summed E-state index contributed by atoms with van der Waals surface area (Å²) in [5.41, 5.74) is 5.62. The van der Waals surface area contributed by atoms with Gasteiger partial charge in [0.2, 0.25) is 0 Å². The Kier molecular flexibility index (Phi) is 10.8. The number of unbranched alkanes of at least 4 members (excludes halogenated alkanes) is 1. The molecule has 0 bridgehead atoms. The highest BCUT2D eigenvalue weighted by Crippen LogP contribution is 2.21. The standard InChI is InChI=1S/C33H41F2N3O2/c1-3-5-12-38-13-11-26-9-10-27(18-28(26)22-38)33(40)37-31(17-25-15-29(34)19-30(35)16-25)32(39)21-36-20-24-8-6-7-23(4-2)14-24/h6-10,14-16,18-19,31-32,36,39H,3-5,11-13,17,20-22H2,1-2H3,(H,37,40)/t31-,32-/m0/s1. The van der Waals surface area contributed by atoms with E-state index in [1.54, 1.807) is 0 Å². The summed E-state index contributed by atoms with van der Waals surface area (Å²) >= 11 is 0. The molecule has 3 aromatic carbocycles. The topological polar surface area (TPSA) is 64.6 Å². The van der Waals surface area contributed by atoms with E-state index in [4.69, 9.17) is 0 Å². The molecule has 0 spiro atoms. The van der Waals surface area contributed by atoms with Gasteiger partial charge >= 0.3 is 0 Å². The third kappa shape index (κ3) is 8.43. The number of aryl methyl sites for hydroxylation is 1. The van der Waals surface area contributed by atoms with E-state index in [0.29, 0.717) is 17.7 Å². The summed E-state index contributed by atoms with van der Waals surface area (Å²) in [6, 6.07) is 16.5. The maximum atomic E-state index is 13.9. The van der Waals surface area contributed by atoms with Crippen LogP contribution in [0.25, 0.3) is 0 Å². The first-order chi connectivity index (χ1) is 19.3. The molecule has 40 heavy (non-hydrogen) atoms. The number of carbonyl (C=O) groups excluding carboxylic acids is 1. The van der Waals surface area contributed by atoms with E-state index in [1.807, 2.05) is 30.3 Å². The van der Waals surface area contributed by atoms with E-state index in [-0.39, 0.29) is 18.9 Å². The van der Waals surface area contributed by atoms with E-state index in [2.05, 4.69) is 41.5 Å². The maximum absolute atomic E-state index is 13.9. The van der Waals surface area contributed by atoms with E-state index in [0.717, 1.165) is 62.5 Å². The molecule has 0 fully saturated rings. The van der Waals surface area contributed by atoms with Crippen LogP contribution >= 0.6 is 0 Å². The lowest BCUT2D eigenvalue weighted by Gasteiger charge is -2.29. The van der Waals surface area contributed by atoms with Crippen molar-refractivity contribution in [1.29, 1.82) is 0 Å². The molecular formula is C33H41F2N3O2. The molecule has 1 aliphatic rings. The van der Waals surface area contributed by atoms with E-state index < -0.39 is 23.8 Å². The van der Waals surface area contributed by atoms with Crippen LogP contribution in [-0.4, -0.2) is 47.7 Å². The monoisotopic (exact) mass is 549 g/mol. The number of hydrogen-bond donors (Lipinski definition) is 3. The summed E-state index contributed by atoms with van der Waals surface area (Å²) in [7, 11) is 0. The minimum Gasteiger partial charge on any atom is -0.390 e. The first kappa shape index (κ1) is 29.8. The van der Waals surface area contributed by atoms with Gasteiger partial charge in [-0.3, -0.25) is 9.69 Å². The average Bonchev–Trinajstić information content (AvgIpc) is 2.94. The number of aliphatic hydroxyl groups is 1. The van der Waals surface area contributed by atoms with Crippen molar-refractivity contribution in [3.63, 3.8) is 0 Å². The van der Waals surface area contributed by atoms with Crippen molar-refractivity contribution >= 4 is 5.91 Å². The van der Waals surface area contributed by atoms with Crippen molar-refractivity contribution in [2.24, 2.45) is 0 Å². The highest BCUT2D eigenvalue weighted by Gasteiger charge is 2.24. The first-order valence-electron chi connectivity index (χ1n) is 14.4. The fraction of sp³-hybridized carbons (Fsp3) is 0.424. The van der Waals surface area contributed by atoms with Crippen LogP contribution in [0.3, 0.4) is 0 Å². The Hall–Kier alpha value is -3.13. The zero-order valence-corrected chi connectivity index (χ0v) is 23.6. The van der Waals surface area contributed by atoms with Crippen molar-refractivity contribution in [1.82, 2.24) is 15.5 Å². The number of nitrogens with zero attached hydrogens (tertiary/aromatic N) is 1. The summed E-state index contributed by atoms with van der Waals surface area (Å²) in [6.07, 6.45) is 3.30. The molecule has 0 saturated carbocycles. The molecule has 0 saturated heterocycles. The van der Waals surface area contributed by atoms with Crippen LogP contribution in [0.4, 0.5) is 8.78 Å². The molecule has 0 unspecified atom stereocenters. The van der Waals surface area contributed by atoms with Crippen molar-refractivity contribution in [2.75, 3.05) is 19.6 Å². The van der Waals surface area contributed by atoms with Crippen LogP contribution in [0.5, 0.6) is 0 Å². The molecule has 1 aliphatic heterocycles. The second-order valence-electron chi connectivity index (χ2n) is 10.8. The summed E-state index contributed by atoms with van der Waals surface area (Å²) in [5, 5.41) is 17.3. The van der Waals surface area contributed by atoms with Crippen molar-refractivity contribution in [3.8, 4) is 0 Å². The highest BCUT2D eigenvalue weighted by molar-refractivity contribution is 5.94. The molecule has 3 N–H and O–H groups in total. The number of fused-ring (bicyclic) bond motifs is 1. The van der Waals surface area contributed by atoms with Gasteiger partial charge in [-0.05, 0) is 84.3 Å². The number of carbonyl (C=O) groups is 1. The van der Waals surface area contributed by atoms with Crippen LogP contribution in [0, 0.1) is 11.6 Å². The molecule has 0 radical (unpaired) electrons. The molecule has 1 heterocycles. The minimum absolute atomic E-state index is 0.0876. The van der Waals surface area contributed by atoms with Crippen LogP contribution < -0.4 is 10.6 Å². The SMILES string of the molecule is CCCCN1CCc2ccc(C(=O)N[C@@H](Cc3cc(F)cc(F)c3)[C@@H](O)CNCc3cccc(CC)c3)cc2C1. The average molecular weight is 550 g/mol. The quantitative estimate of drug-likeness (QED) is 0.275. The number of halogens is 2. The first-order valence-corrected chi connectivity index (χ1v) is 14.4. The lowest BCUT2D eigenvalue weighted by atomic mass is 9.96. The Bertz CT molecular complexity index is 1260. The maximum Gasteiger partial charge on any atom is 0.251 e. The van der Waals surface area contributed by atoms with Gasteiger partial charge in [0.05, 0.1) is 12.1 Å². The second kappa shape index (κ2) is 14.5. The normalized spacial score (nSPS) is 14.9. The van der Waals surface area contributed by atoms with E-state index in [1.165, 1.54) is 23.3 Å². The Morgan fingerprint density at radius 1 is 0.975 bits per heavy atom. The molecule has 5 nitrogen and oxygen atoms in total. The summed E-state index contributed by atoms with van der Waals surface area (Å²) in [4.78, 5) is 15.8. The molecule has 1 amide bonds. The van der Waals surface area contributed by atoms with E-state index >= 15 is 0 Å². The van der Waals surface area contributed by atoms with Crippen LogP contribution in [0.15, 0.2) is 60.7 Å². The summed E-state index contributed by atoms with van der Waals surface area (Å²) in [5.74, 6) is -1.69. The number of amides is 1. The minimum atomic E-state index is -0.980.